The number of hydrogen-bond acceptors (Lipinski definition) is 4. The van der Waals surface area contributed by atoms with E-state index in [-0.39, 0.29) is 16.7 Å². The van der Waals surface area contributed by atoms with Gasteiger partial charge >= 0.3 is 0 Å². The molecule has 0 aliphatic rings. The Morgan fingerprint density at radius 1 is 1.58 bits per heavy atom. The van der Waals surface area contributed by atoms with Crippen LogP contribution in [0.15, 0.2) is 30.9 Å². The first kappa shape index (κ1) is 15.7. The predicted molar refractivity (Wildman–Crippen MR) is 81.8 cm³/mol. The largest absolute Gasteiger partial charge is 0.309 e. The Hall–Kier alpha value is -1.33. The van der Waals surface area contributed by atoms with Crippen molar-refractivity contribution < 1.29 is 4.92 Å². The van der Waals surface area contributed by atoms with E-state index in [9.17, 15) is 10.1 Å². The van der Waals surface area contributed by atoms with Crippen molar-refractivity contribution in [2.24, 2.45) is 0 Å². The van der Waals surface area contributed by atoms with Crippen molar-refractivity contribution in [3.8, 4) is 0 Å². The average molecular weight is 280 g/mol. The van der Waals surface area contributed by atoms with Crippen molar-refractivity contribution in [1.82, 2.24) is 5.32 Å². The molecule has 1 aromatic carbocycles. The first-order chi connectivity index (χ1) is 9.06. The lowest BCUT2D eigenvalue weighted by Crippen LogP contribution is -2.21. The van der Waals surface area contributed by atoms with Crippen molar-refractivity contribution in [2.75, 3.05) is 18.1 Å². The van der Waals surface area contributed by atoms with Gasteiger partial charge in [-0.1, -0.05) is 18.2 Å². The summed E-state index contributed by atoms with van der Waals surface area (Å²) < 4.78 is 0. The van der Waals surface area contributed by atoms with Crippen LogP contribution in [0.1, 0.15) is 24.1 Å². The van der Waals surface area contributed by atoms with Gasteiger partial charge in [0.15, 0.2) is 0 Å². The fourth-order valence-electron chi connectivity index (χ4n) is 1.72. The number of nitrogens with one attached hydrogen (secondary N) is 1. The summed E-state index contributed by atoms with van der Waals surface area (Å²) in [6.07, 6.45) is 1.89. The highest BCUT2D eigenvalue weighted by molar-refractivity contribution is 7.99. The number of rotatable bonds is 8. The standard InChI is InChI=1S/C14H20N2O2S/c1-4-8-19-9-7-15-12(3)13-6-5-11(2)14(10-13)16(17)18/h4-6,10,12,15H,1,7-9H2,2-3H3. The average Bonchev–Trinajstić information content (AvgIpc) is 2.38. The summed E-state index contributed by atoms with van der Waals surface area (Å²) in [5.74, 6) is 1.95. The number of nitro benzene ring substituents is 1. The molecule has 0 bridgehead atoms. The van der Waals surface area contributed by atoms with Crippen molar-refractivity contribution in [1.29, 1.82) is 0 Å². The van der Waals surface area contributed by atoms with Crippen LogP contribution in [0.4, 0.5) is 5.69 Å². The maximum atomic E-state index is 10.9. The SMILES string of the molecule is C=CCSCCNC(C)c1ccc(C)c([N+](=O)[O-])c1. The zero-order valence-electron chi connectivity index (χ0n) is 11.4. The molecule has 5 heteroatoms. The van der Waals surface area contributed by atoms with E-state index in [1.165, 1.54) is 0 Å². The van der Waals surface area contributed by atoms with Gasteiger partial charge in [0, 0.05) is 35.7 Å². The minimum atomic E-state index is -0.328. The van der Waals surface area contributed by atoms with Gasteiger partial charge in [0.05, 0.1) is 4.92 Å². The second kappa shape index (κ2) is 7.96. The highest BCUT2D eigenvalue weighted by atomic mass is 32.2. The summed E-state index contributed by atoms with van der Waals surface area (Å²) >= 11 is 1.81. The summed E-state index contributed by atoms with van der Waals surface area (Å²) in [5, 5.41) is 14.3. The van der Waals surface area contributed by atoms with Gasteiger partial charge in [0.1, 0.15) is 0 Å². The second-order valence-electron chi connectivity index (χ2n) is 4.34. The Bertz CT molecular complexity index is 449. The molecule has 0 aromatic heterocycles. The van der Waals surface area contributed by atoms with Crippen LogP contribution < -0.4 is 5.32 Å². The predicted octanol–water partition coefficient (Wildman–Crippen LogP) is 3.47. The Balaban J connectivity index is 2.57. The van der Waals surface area contributed by atoms with Gasteiger partial charge in [-0.3, -0.25) is 10.1 Å². The molecule has 0 aliphatic heterocycles. The number of aryl methyl sites for hydroxylation is 1. The minimum absolute atomic E-state index is 0.114. The van der Waals surface area contributed by atoms with E-state index in [0.717, 1.165) is 23.6 Å². The molecule has 104 valence electrons. The molecule has 0 fully saturated rings. The van der Waals surface area contributed by atoms with E-state index in [0.29, 0.717) is 5.56 Å². The Labute approximate surface area is 118 Å². The molecule has 1 aromatic rings. The van der Waals surface area contributed by atoms with E-state index in [1.54, 1.807) is 19.1 Å². The lowest BCUT2D eigenvalue weighted by molar-refractivity contribution is -0.385. The molecule has 1 rings (SSSR count). The number of nitrogens with zero attached hydrogens (tertiary/aromatic N) is 1. The third-order valence-corrected chi connectivity index (χ3v) is 3.83. The summed E-state index contributed by atoms with van der Waals surface area (Å²) in [5.41, 5.74) is 1.83. The molecular formula is C14H20N2O2S. The van der Waals surface area contributed by atoms with Crippen LogP contribution >= 0.6 is 11.8 Å². The normalized spacial score (nSPS) is 12.1. The van der Waals surface area contributed by atoms with E-state index >= 15 is 0 Å². The molecule has 1 unspecified atom stereocenters. The Morgan fingerprint density at radius 3 is 2.95 bits per heavy atom. The molecule has 4 nitrogen and oxygen atoms in total. The zero-order chi connectivity index (χ0) is 14.3. The molecule has 0 amide bonds. The Morgan fingerprint density at radius 2 is 2.32 bits per heavy atom. The van der Waals surface area contributed by atoms with E-state index < -0.39 is 0 Å². The molecule has 0 heterocycles. The topological polar surface area (TPSA) is 55.2 Å². The maximum Gasteiger partial charge on any atom is 0.272 e. The van der Waals surface area contributed by atoms with Gasteiger partial charge < -0.3 is 5.32 Å². The van der Waals surface area contributed by atoms with Crippen molar-refractivity contribution in [2.45, 2.75) is 19.9 Å². The van der Waals surface area contributed by atoms with Gasteiger partial charge in [0.2, 0.25) is 0 Å². The summed E-state index contributed by atoms with van der Waals surface area (Å²) in [7, 11) is 0. The first-order valence-corrected chi connectivity index (χ1v) is 7.38. The molecule has 0 spiro atoms. The molecule has 0 saturated carbocycles. The number of thioether (sulfide) groups is 1. The van der Waals surface area contributed by atoms with E-state index in [2.05, 4.69) is 11.9 Å². The first-order valence-electron chi connectivity index (χ1n) is 6.23. The summed E-state index contributed by atoms with van der Waals surface area (Å²) in [4.78, 5) is 10.6. The molecule has 0 radical (unpaired) electrons. The van der Waals surface area contributed by atoms with Crippen LogP contribution in [-0.2, 0) is 0 Å². The van der Waals surface area contributed by atoms with Crippen LogP contribution in [0, 0.1) is 17.0 Å². The van der Waals surface area contributed by atoms with Gasteiger partial charge in [-0.15, -0.1) is 6.58 Å². The van der Waals surface area contributed by atoms with Gasteiger partial charge in [-0.05, 0) is 19.4 Å². The lowest BCUT2D eigenvalue weighted by atomic mass is 10.0. The number of hydrogen-bond donors (Lipinski definition) is 1. The van der Waals surface area contributed by atoms with Gasteiger partial charge in [-0.2, -0.15) is 11.8 Å². The maximum absolute atomic E-state index is 10.9. The highest BCUT2D eigenvalue weighted by Gasteiger charge is 2.13. The van der Waals surface area contributed by atoms with Crippen LogP contribution in [0.25, 0.3) is 0 Å². The molecule has 1 atom stereocenters. The van der Waals surface area contributed by atoms with Crippen LogP contribution in [0.2, 0.25) is 0 Å². The van der Waals surface area contributed by atoms with Gasteiger partial charge in [0.25, 0.3) is 5.69 Å². The third-order valence-electron chi connectivity index (χ3n) is 2.86. The number of nitro groups is 1. The molecule has 1 N–H and O–H groups in total. The minimum Gasteiger partial charge on any atom is -0.309 e. The number of benzene rings is 1. The van der Waals surface area contributed by atoms with Crippen molar-refractivity contribution in [3.05, 3.63) is 52.1 Å². The van der Waals surface area contributed by atoms with E-state index in [4.69, 9.17) is 0 Å². The summed E-state index contributed by atoms with van der Waals surface area (Å²) in [6, 6.07) is 5.52. The van der Waals surface area contributed by atoms with Crippen molar-refractivity contribution in [3.63, 3.8) is 0 Å². The van der Waals surface area contributed by atoms with Crippen LogP contribution in [0.3, 0.4) is 0 Å². The monoisotopic (exact) mass is 280 g/mol. The fraction of sp³-hybridized carbons (Fsp3) is 0.429. The molecule has 0 saturated heterocycles. The Kier molecular flexibility index (Phi) is 6.59. The van der Waals surface area contributed by atoms with Crippen molar-refractivity contribution >= 4 is 17.4 Å². The smallest absolute Gasteiger partial charge is 0.272 e. The molecule has 0 aliphatic carbocycles. The highest BCUT2D eigenvalue weighted by Crippen LogP contribution is 2.23. The molecule has 19 heavy (non-hydrogen) atoms. The second-order valence-corrected chi connectivity index (χ2v) is 5.49. The lowest BCUT2D eigenvalue weighted by Gasteiger charge is -2.14. The van der Waals surface area contributed by atoms with E-state index in [1.807, 2.05) is 30.8 Å². The third kappa shape index (κ3) is 5.04. The zero-order valence-corrected chi connectivity index (χ0v) is 12.2. The van der Waals surface area contributed by atoms with Crippen LogP contribution in [-0.4, -0.2) is 23.0 Å². The quantitative estimate of drug-likeness (QED) is 0.343. The van der Waals surface area contributed by atoms with Gasteiger partial charge in [-0.25, -0.2) is 0 Å². The fourth-order valence-corrected chi connectivity index (χ4v) is 2.32. The summed E-state index contributed by atoms with van der Waals surface area (Å²) in [6.45, 7) is 8.32. The van der Waals surface area contributed by atoms with Crippen LogP contribution in [0.5, 0.6) is 0 Å². The molecular weight excluding hydrogens is 260 g/mol.